The van der Waals surface area contributed by atoms with Gasteiger partial charge in [-0.05, 0) is 47.1 Å². The normalized spacial score (nSPS) is 12.6. The predicted molar refractivity (Wildman–Crippen MR) is 80.8 cm³/mol. The Kier molecular flexibility index (Phi) is 4.74. The van der Waals surface area contributed by atoms with Crippen LogP contribution in [0.25, 0.3) is 0 Å². The maximum absolute atomic E-state index is 5.98. The second kappa shape index (κ2) is 6.31. The van der Waals surface area contributed by atoms with Crippen molar-refractivity contribution >= 4 is 33.1 Å². The highest BCUT2D eigenvalue weighted by molar-refractivity contribution is 9.11. The van der Waals surface area contributed by atoms with Crippen LogP contribution in [-0.2, 0) is 0 Å². The fourth-order valence-corrected chi connectivity index (χ4v) is 3.33. The van der Waals surface area contributed by atoms with E-state index in [1.165, 1.54) is 4.88 Å². The highest BCUT2D eigenvalue weighted by Gasteiger charge is 2.18. The first-order valence-electron chi connectivity index (χ1n) is 5.91. The Labute approximate surface area is 120 Å². The van der Waals surface area contributed by atoms with Gasteiger partial charge in [0.1, 0.15) is 5.82 Å². The van der Waals surface area contributed by atoms with Crippen LogP contribution in [0.5, 0.6) is 0 Å². The predicted octanol–water partition coefficient (Wildman–Crippen LogP) is 3.58. The Morgan fingerprint density at radius 1 is 1.44 bits per heavy atom. The summed E-state index contributed by atoms with van der Waals surface area (Å²) in [7, 11) is 0. The van der Waals surface area contributed by atoms with Crippen LogP contribution in [0.1, 0.15) is 29.8 Å². The zero-order valence-corrected chi connectivity index (χ0v) is 12.6. The number of thiophene rings is 1. The molecule has 0 aliphatic carbocycles. The molecule has 0 bridgehead atoms. The van der Waals surface area contributed by atoms with E-state index in [4.69, 9.17) is 5.73 Å². The molecule has 2 aromatic rings. The van der Waals surface area contributed by atoms with E-state index in [-0.39, 0.29) is 6.04 Å². The first-order valence-corrected chi connectivity index (χ1v) is 7.52. The zero-order chi connectivity index (χ0) is 13.0. The van der Waals surface area contributed by atoms with Crippen LogP contribution in [-0.4, -0.2) is 11.5 Å². The average molecular weight is 326 g/mol. The van der Waals surface area contributed by atoms with Gasteiger partial charge in [-0.15, -0.1) is 11.3 Å². The van der Waals surface area contributed by atoms with Gasteiger partial charge in [0, 0.05) is 16.6 Å². The minimum absolute atomic E-state index is 0.120. The van der Waals surface area contributed by atoms with E-state index in [9.17, 15) is 0 Å². The second-order valence-electron chi connectivity index (χ2n) is 4.01. The van der Waals surface area contributed by atoms with E-state index in [0.29, 0.717) is 5.82 Å². The summed E-state index contributed by atoms with van der Waals surface area (Å²) in [5, 5.41) is 3.53. The largest absolute Gasteiger partial charge is 0.383 e. The fraction of sp³-hybridized carbons (Fsp3) is 0.308. The third-order valence-corrected chi connectivity index (χ3v) is 4.35. The molecule has 0 saturated heterocycles. The number of rotatable bonds is 5. The van der Waals surface area contributed by atoms with Gasteiger partial charge in [0.15, 0.2) is 0 Å². The summed E-state index contributed by atoms with van der Waals surface area (Å²) in [5.41, 5.74) is 7.02. The zero-order valence-electron chi connectivity index (χ0n) is 10.2. The third-order valence-electron chi connectivity index (χ3n) is 2.66. The minimum atomic E-state index is 0.120. The van der Waals surface area contributed by atoms with Gasteiger partial charge in [-0.1, -0.05) is 13.0 Å². The van der Waals surface area contributed by atoms with Gasteiger partial charge in [-0.25, -0.2) is 4.98 Å². The van der Waals surface area contributed by atoms with Crippen molar-refractivity contribution in [2.75, 3.05) is 12.3 Å². The standard InChI is InChI=1S/C13H16BrN3S/c1-2-7-16-12(10-5-6-11(14)18-10)9-4-3-8-17-13(9)15/h3-6,8,12,16H,2,7H2,1H3,(H2,15,17). The summed E-state index contributed by atoms with van der Waals surface area (Å²) in [5.74, 6) is 0.593. The van der Waals surface area contributed by atoms with Gasteiger partial charge in [0.2, 0.25) is 0 Å². The molecule has 0 fully saturated rings. The van der Waals surface area contributed by atoms with Crippen LogP contribution in [0, 0.1) is 0 Å². The summed E-state index contributed by atoms with van der Waals surface area (Å²) < 4.78 is 1.13. The van der Waals surface area contributed by atoms with Crippen molar-refractivity contribution in [3.05, 3.63) is 44.7 Å². The molecule has 1 atom stereocenters. The van der Waals surface area contributed by atoms with Crippen LogP contribution >= 0.6 is 27.3 Å². The second-order valence-corrected chi connectivity index (χ2v) is 6.50. The first-order chi connectivity index (χ1) is 8.72. The lowest BCUT2D eigenvalue weighted by atomic mass is 10.1. The minimum Gasteiger partial charge on any atom is -0.383 e. The molecule has 2 aromatic heterocycles. The van der Waals surface area contributed by atoms with Gasteiger partial charge in [-0.3, -0.25) is 0 Å². The molecule has 0 aliphatic rings. The molecule has 2 rings (SSSR count). The van der Waals surface area contributed by atoms with Gasteiger partial charge in [-0.2, -0.15) is 0 Å². The summed E-state index contributed by atoms with van der Waals surface area (Å²) in [6, 6.07) is 8.26. The Bertz CT molecular complexity index is 512. The number of pyridine rings is 1. The van der Waals surface area contributed by atoms with E-state index < -0.39 is 0 Å². The molecule has 96 valence electrons. The number of hydrogen-bond acceptors (Lipinski definition) is 4. The number of nitrogens with one attached hydrogen (secondary N) is 1. The van der Waals surface area contributed by atoms with E-state index in [2.05, 4.69) is 45.3 Å². The molecule has 1 unspecified atom stereocenters. The van der Waals surface area contributed by atoms with Crippen molar-refractivity contribution in [3.63, 3.8) is 0 Å². The highest BCUT2D eigenvalue weighted by atomic mass is 79.9. The molecule has 0 aromatic carbocycles. The van der Waals surface area contributed by atoms with Gasteiger partial charge < -0.3 is 11.1 Å². The average Bonchev–Trinajstić information content (AvgIpc) is 2.78. The van der Waals surface area contributed by atoms with Crippen molar-refractivity contribution in [1.29, 1.82) is 0 Å². The number of halogens is 1. The van der Waals surface area contributed by atoms with Crippen molar-refractivity contribution in [2.45, 2.75) is 19.4 Å². The number of nitrogen functional groups attached to an aromatic ring is 1. The number of anilines is 1. The highest BCUT2D eigenvalue weighted by Crippen LogP contribution is 2.32. The van der Waals surface area contributed by atoms with Crippen molar-refractivity contribution in [2.24, 2.45) is 0 Å². The molecule has 3 N–H and O–H groups in total. The number of nitrogens with zero attached hydrogens (tertiary/aromatic N) is 1. The molecular formula is C13H16BrN3S. The maximum Gasteiger partial charge on any atom is 0.128 e. The number of aromatic nitrogens is 1. The summed E-state index contributed by atoms with van der Waals surface area (Å²) >= 11 is 5.22. The maximum atomic E-state index is 5.98. The first kappa shape index (κ1) is 13.5. The van der Waals surface area contributed by atoms with Crippen LogP contribution in [0.2, 0.25) is 0 Å². The molecular weight excluding hydrogens is 310 g/mol. The lowest BCUT2D eigenvalue weighted by molar-refractivity contribution is 0.606. The summed E-state index contributed by atoms with van der Waals surface area (Å²) in [6.07, 6.45) is 2.81. The van der Waals surface area contributed by atoms with Gasteiger partial charge in [0.25, 0.3) is 0 Å². The topological polar surface area (TPSA) is 50.9 Å². The van der Waals surface area contributed by atoms with Crippen molar-refractivity contribution in [1.82, 2.24) is 10.3 Å². The fourth-order valence-electron chi connectivity index (χ4n) is 1.81. The molecule has 0 radical (unpaired) electrons. The van der Waals surface area contributed by atoms with Gasteiger partial charge in [0.05, 0.1) is 9.83 Å². The van der Waals surface area contributed by atoms with Crippen molar-refractivity contribution < 1.29 is 0 Å². The Morgan fingerprint density at radius 3 is 2.89 bits per heavy atom. The molecule has 5 heteroatoms. The Hall–Kier alpha value is -0.910. The lowest BCUT2D eigenvalue weighted by Crippen LogP contribution is -2.23. The molecule has 18 heavy (non-hydrogen) atoms. The molecule has 0 amide bonds. The summed E-state index contributed by atoms with van der Waals surface area (Å²) in [4.78, 5) is 5.42. The van der Waals surface area contributed by atoms with E-state index in [0.717, 1.165) is 22.3 Å². The monoisotopic (exact) mass is 325 g/mol. The molecule has 0 aliphatic heterocycles. The molecule has 0 spiro atoms. The molecule has 2 heterocycles. The SMILES string of the molecule is CCCNC(c1ccc(Br)s1)c1cccnc1N. The van der Waals surface area contributed by atoms with Crippen LogP contribution in [0.15, 0.2) is 34.2 Å². The Balaban J connectivity index is 2.33. The Morgan fingerprint density at radius 2 is 2.28 bits per heavy atom. The van der Waals surface area contributed by atoms with Crippen LogP contribution in [0.3, 0.4) is 0 Å². The van der Waals surface area contributed by atoms with E-state index in [1.807, 2.05) is 12.1 Å². The van der Waals surface area contributed by atoms with Crippen LogP contribution < -0.4 is 11.1 Å². The quantitative estimate of drug-likeness (QED) is 0.883. The molecule has 0 saturated carbocycles. The number of hydrogen-bond donors (Lipinski definition) is 2. The van der Waals surface area contributed by atoms with Gasteiger partial charge >= 0.3 is 0 Å². The summed E-state index contributed by atoms with van der Waals surface area (Å²) in [6.45, 7) is 3.11. The van der Waals surface area contributed by atoms with E-state index in [1.54, 1.807) is 17.5 Å². The lowest BCUT2D eigenvalue weighted by Gasteiger charge is -2.18. The molecule has 3 nitrogen and oxygen atoms in total. The van der Waals surface area contributed by atoms with Crippen molar-refractivity contribution in [3.8, 4) is 0 Å². The van der Waals surface area contributed by atoms with E-state index >= 15 is 0 Å². The number of nitrogens with two attached hydrogens (primary N) is 1. The third kappa shape index (κ3) is 3.10. The smallest absolute Gasteiger partial charge is 0.128 e. The van der Waals surface area contributed by atoms with Crippen LogP contribution in [0.4, 0.5) is 5.82 Å².